The number of rotatable bonds is 10. The highest BCUT2D eigenvalue weighted by Gasteiger charge is 2.16. The van der Waals surface area contributed by atoms with Gasteiger partial charge in [-0.2, -0.15) is 0 Å². The van der Waals surface area contributed by atoms with E-state index in [9.17, 15) is 9.59 Å². The van der Waals surface area contributed by atoms with Gasteiger partial charge in [0.1, 0.15) is 5.82 Å². The maximum absolute atomic E-state index is 12.6. The topological polar surface area (TPSA) is 86.1 Å². The second-order valence-electron chi connectivity index (χ2n) is 7.81. The van der Waals surface area contributed by atoms with E-state index >= 15 is 0 Å². The summed E-state index contributed by atoms with van der Waals surface area (Å²) in [7, 11) is 0. The second-order valence-corrected chi connectivity index (χ2v) is 9.80. The number of esters is 1. The number of aromatic nitrogens is 3. The zero-order valence-electron chi connectivity index (χ0n) is 20.0. The number of nitrogens with one attached hydrogen (secondary N) is 1. The van der Waals surface area contributed by atoms with Gasteiger partial charge in [-0.25, -0.2) is 4.79 Å². The first-order valence-electron chi connectivity index (χ1n) is 11.4. The molecule has 3 aromatic carbocycles. The summed E-state index contributed by atoms with van der Waals surface area (Å²) in [5.41, 5.74) is 3.21. The molecule has 0 spiro atoms. The molecule has 4 aromatic rings. The van der Waals surface area contributed by atoms with Crippen molar-refractivity contribution in [2.24, 2.45) is 0 Å². The van der Waals surface area contributed by atoms with Crippen LogP contribution in [-0.2, 0) is 15.3 Å². The van der Waals surface area contributed by atoms with Gasteiger partial charge in [0.05, 0.1) is 23.7 Å². The molecule has 0 fully saturated rings. The van der Waals surface area contributed by atoms with Crippen molar-refractivity contribution >= 4 is 41.1 Å². The summed E-state index contributed by atoms with van der Waals surface area (Å²) >= 11 is 3.01. The Kier molecular flexibility index (Phi) is 8.80. The largest absolute Gasteiger partial charge is 0.462 e. The molecule has 0 saturated heterocycles. The van der Waals surface area contributed by atoms with Crippen molar-refractivity contribution in [3.63, 3.8) is 0 Å². The lowest BCUT2D eigenvalue weighted by Crippen LogP contribution is -2.15. The van der Waals surface area contributed by atoms with Crippen LogP contribution in [0.5, 0.6) is 0 Å². The van der Waals surface area contributed by atoms with E-state index in [2.05, 4.69) is 46.7 Å². The number of para-hydroxylation sites is 1. The van der Waals surface area contributed by atoms with Crippen molar-refractivity contribution in [2.45, 2.75) is 29.7 Å². The zero-order valence-corrected chi connectivity index (χ0v) is 21.6. The van der Waals surface area contributed by atoms with Crippen molar-refractivity contribution in [1.82, 2.24) is 14.8 Å². The fourth-order valence-corrected chi connectivity index (χ4v) is 4.92. The highest BCUT2D eigenvalue weighted by Crippen LogP contribution is 2.27. The number of aryl methyl sites for hydroxylation is 1. The number of hydrogen-bond acceptors (Lipinski definition) is 7. The standard InChI is InChI=1S/C27H26N4O3S2/c1-3-34-26(33)20-11-13-21(14-12-20)28-25(32)18-36-27-30-29-24(31(27)22-7-5-4-6-8-22)17-35-23-15-9-19(2)10-16-23/h4-16H,3,17-18H2,1-2H3,(H,28,32). The molecule has 0 unspecified atom stereocenters. The Hall–Kier alpha value is -3.56. The van der Waals surface area contributed by atoms with Crippen molar-refractivity contribution in [3.05, 3.63) is 95.8 Å². The molecular weight excluding hydrogens is 492 g/mol. The molecule has 0 bridgehead atoms. The average molecular weight is 519 g/mol. The molecule has 9 heteroatoms. The molecule has 0 saturated carbocycles. The van der Waals surface area contributed by atoms with Crippen LogP contribution in [0.1, 0.15) is 28.7 Å². The molecule has 0 aliphatic carbocycles. The van der Waals surface area contributed by atoms with Crippen LogP contribution in [0.4, 0.5) is 5.69 Å². The lowest BCUT2D eigenvalue weighted by molar-refractivity contribution is -0.113. The van der Waals surface area contributed by atoms with Gasteiger partial charge in [-0.05, 0) is 62.4 Å². The Labute approximate surface area is 218 Å². The van der Waals surface area contributed by atoms with E-state index in [1.165, 1.54) is 17.3 Å². The average Bonchev–Trinajstić information content (AvgIpc) is 3.31. The minimum absolute atomic E-state index is 0.162. The number of amides is 1. The Bertz CT molecular complexity index is 1310. The Morgan fingerprint density at radius 1 is 0.917 bits per heavy atom. The molecule has 184 valence electrons. The summed E-state index contributed by atoms with van der Waals surface area (Å²) in [4.78, 5) is 25.6. The van der Waals surface area contributed by atoms with Gasteiger partial charge >= 0.3 is 5.97 Å². The third-order valence-corrected chi connectivity index (χ3v) is 7.05. The number of anilines is 1. The molecule has 0 atom stereocenters. The maximum Gasteiger partial charge on any atom is 0.338 e. The minimum Gasteiger partial charge on any atom is -0.462 e. The van der Waals surface area contributed by atoms with E-state index in [1.807, 2.05) is 34.9 Å². The number of thioether (sulfide) groups is 2. The number of hydrogen-bond donors (Lipinski definition) is 1. The number of ether oxygens (including phenoxy) is 1. The molecule has 1 amide bonds. The first kappa shape index (κ1) is 25.5. The fraction of sp³-hybridized carbons (Fsp3) is 0.185. The van der Waals surface area contributed by atoms with Gasteiger partial charge in [0.15, 0.2) is 5.16 Å². The molecule has 4 rings (SSSR count). The lowest BCUT2D eigenvalue weighted by Gasteiger charge is -2.10. The number of nitrogens with zero attached hydrogens (tertiary/aromatic N) is 3. The van der Waals surface area contributed by atoms with E-state index in [-0.39, 0.29) is 17.6 Å². The normalized spacial score (nSPS) is 10.7. The van der Waals surface area contributed by atoms with Gasteiger partial charge in [0.2, 0.25) is 5.91 Å². The van der Waals surface area contributed by atoms with Gasteiger partial charge in [-0.3, -0.25) is 9.36 Å². The van der Waals surface area contributed by atoms with E-state index in [0.29, 0.717) is 28.8 Å². The van der Waals surface area contributed by atoms with Crippen LogP contribution in [0.3, 0.4) is 0 Å². The van der Waals surface area contributed by atoms with E-state index < -0.39 is 0 Å². The van der Waals surface area contributed by atoms with Crippen LogP contribution < -0.4 is 5.32 Å². The molecule has 36 heavy (non-hydrogen) atoms. The van der Waals surface area contributed by atoms with Crippen LogP contribution in [0.2, 0.25) is 0 Å². The van der Waals surface area contributed by atoms with Crippen LogP contribution in [0.15, 0.2) is 88.9 Å². The van der Waals surface area contributed by atoms with Gasteiger partial charge in [0, 0.05) is 16.3 Å². The van der Waals surface area contributed by atoms with E-state index in [0.717, 1.165) is 16.4 Å². The zero-order chi connectivity index (χ0) is 25.3. The van der Waals surface area contributed by atoms with Crippen LogP contribution >= 0.6 is 23.5 Å². The molecule has 0 aliphatic heterocycles. The molecule has 1 N–H and O–H groups in total. The summed E-state index contributed by atoms with van der Waals surface area (Å²) in [6.45, 7) is 4.14. The first-order valence-corrected chi connectivity index (χ1v) is 13.4. The predicted octanol–water partition coefficient (Wildman–Crippen LogP) is 5.78. The van der Waals surface area contributed by atoms with Crippen LogP contribution in [0.25, 0.3) is 5.69 Å². The van der Waals surface area contributed by atoms with Gasteiger partial charge in [0.25, 0.3) is 0 Å². The summed E-state index contributed by atoms with van der Waals surface area (Å²) in [5, 5.41) is 12.3. The highest BCUT2D eigenvalue weighted by molar-refractivity contribution is 7.99. The molecular formula is C27H26N4O3S2. The van der Waals surface area contributed by atoms with Crippen molar-refractivity contribution in [1.29, 1.82) is 0 Å². The molecule has 0 radical (unpaired) electrons. The maximum atomic E-state index is 12.6. The predicted molar refractivity (Wildman–Crippen MR) is 144 cm³/mol. The van der Waals surface area contributed by atoms with Crippen molar-refractivity contribution < 1.29 is 14.3 Å². The first-order chi connectivity index (χ1) is 17.5. The summed E-state index contributed by atoms with van der Waals surface area (Å²) < 4.78 is 6.98. The fourth-order valence-electron chi connectivity index (χ4n) is 3.34. The Morgan fingerprint density at radius 3 is 2.33 bits per heavy atom. The summed E-state index contributed by atoms with van der Waals surface area (Å²) in [5.74, 6) is 1.05. The van der Waals surface area contributed by atoms with Gasteiger partial charge in [-0.1, -0.05) is 47.7 Å². The third kappa shape index (κ3) is 6.77. The quantitative estimate of drug-likeness (QED) is 0.210. The number of carbonyl (C=O) groups is 2. The molecule has 7 nitrogen and oxygen atoms in total. The van der Waals surface area contributed by atoms with Crippen LogP contribution in [-0.4, -0.2) is 39.0 Å². The lowest BCUT2D eigenvalue weighted by atomic mass is 10.2. The van der Waals surface area contributed by atoms with Gasteiger partial charge in [-0.15, -0.1) is 22.0 Å². The van der Waals surface area contributed by atoms with E-state index in [4.69, 9.17) is 4.74 Å². The number of benzene rings is 3. The van der Waals surface area contributed by atoms with Gasteiger partial charge < -0.3 is 10.1 Å². The smallest absolute Gasteiger partial charge is 0.338 e. The SMILES string of the molecule is CCOC(=O)c1ccc(NC(=O)CSc2nnc(CSc3ccc(C)cc3)n2-c2ccccc2)cc1. The Morgan fingerprint density at radius 2 is 1.64 bits per heavy atom. The Balaban J connectivity index is 1.42. The highest BCUT2D eigenvalue weighted by atomic mass is 32.2. The number of carbonyl (C=O) groups excluding carboxylic acids is 2. The summed E-state index contributed by atoms with van der Waals surface area (Å²) in [6, 6.07) is 24.9. The van der Waals surface area contributed by atoms with Crippen LogP contribution in [0, 0.1) is 6.92 Å². The molecule has 1 heterocycles. The molecule has 0 aliphatic rings. The van der Waals surface area contributed by atoms with Crippen molar-refractivity contribution in [2.75, 3.05) is 17.7 Å². The van der Waals surface area contributed by atoms with E-state index in [1.54, 1.807) is 43.0 Å². The second kappa shape index (κ2) is 12.4. The monoisotopic (exact) mass is 518 g/mol. The third-order valence-electron chi connectivity index (χ3n) is 5.12. The van der Waals surface area contributed by atoms with Crippen molar-refractivity contribution in [3.8, 4) is 5.69 Å². The summed E-state index contributed by atoms with van der Waals surface area (Å²) in [6.07, 6.45) is 0. The molecule has 1 aromatic heterocycles. The minimum atomic E-state index is -0.387.